The molecule has 15 heavy (non-hydrogen) atoms. The molecular formula is C10H10O3S2. The smallest absolute Gasteiger partial charge is 0.175 e. The van der Waals surface area contributed by atoms with E-state index in [1.165, 1.54) is 11.8 Å². The van der Waals surface area contributed by atoms with Crippen molar-refractivity contribution < 1.29 is 13.5 Å². The van der Waals surface area contributed by atoms with Crippen LogP contribution in [0.3, 0.4) is 0 Å². The summed E-state index contributed by atoms with van der Waals surface area (Å²) in [6.45, 7) is 0. The lowest BCUT2D eigenvalue weighted by Gasteiger charge is -2.05. The zero-order chi connectivity index (χ0) is 10.9. The van der Waals surface area contributed by atoms with Gasteiger partial charge in [0.05, 0.1) is 5.75 Å². The predicted octanol–water partition coefficient (Wildman–Crippen LogP) is 1.41. The van der Waals surface area contributed by atoms with Crippen LogP contribution in [0.2, 0.25) is 0 Å². The van der Waals surface area contributed by atoms with Gasteiger partial charge in [0.15, 0.2) is 9.84 Å². The van der Waals surface area contributed by atoms with E-state index in [1.807, 2.05) is 30.3 Å². The van der Waals surface area contributed by atoms with Crippen LogP contribution < -0.4 is 0 Å². The third kappa shape index (κ3) is 2.62. The molecule has 0 fully saturated rings. The van der Waals surface area contributed by atoms with Crippen molar-refractivity contribution in [1.29, 1.82) is 0 Å². The molecule has 0 saturated heterocycles. The number of hydrogen-bond donors (Lipinski definition) is 1. The van der Waals surface area contributed by atoms with Crippen LogP contribution in [0.15, 0.2) is 45.5 Å². The Morgan fingerprint density at radius 2 is 1.93 bits per heavy atom. The first-order valence-corrected chi connectivity index (χ1v) is 6.95. The van der Waals surface area contributed by atoms with Gasteiger partial charge in [0.25, 0.3) is 0 Å². The molecule has 1 aliphatic rings. The molecule has 0 unspecified atom stereocenters. The van der Waals surface area contributed by atoms with Crippen molar-refractivity contribution in [3.63, 3.8) is 0 Å². The molecule has 0 bridgehead atoms. The lowest BCUT2D eigenvalue weighted by molar-refractivity contribution is 0.246. The van der Waals surface area contributed by atoms with Crippen molar-refractivity contribution in [3.05, 3.63) is 40.6 Å². The van der Waals surface area contributed by atoms with Crippen molar-refractivity contribution in [1.82, 2.24) is 0 Å². The fourth-order valence-electron chi connectivity index (χ4n) is 1.32. The molecule has 5 heteroatoms. The Morgan fingerprint density at radius 3 is 2.47 bits per heavy atom. The zero-order valence-electron chi connectivity index (χ0n) is 7.83. The highest BCUT2D eigenvalue weighted by atomic mass is 32.2. The number of aliphatic hydroxyl groups excluding tert-OH is 1. The van der Waals surface area contributed by atoms with Crippen molar-refractivity contribution in [2.75, 3.05) is 5.75 Å². The second-order valence-electron chi connectivity index (χ2n) is 3.28. The van der Waals surface area contributed by atoms with E-state index in [4.69, 9.17) is 0 Å². The van der Waals surface area contributed by atoms with Crippen molar-refractivity contribution >= 4 is 21.6 Å². The number of thioether (sulfide) groups is 1. The first kappa shape index (κ1) is 10.7. The fraction of sp³-hybridized carbons (Fsp3) is 0.200. The Bertz CT molecular complexity index is 477. The van der Waals surface area contributed by atoms with Crippen LogP contribution in [-0.4, -0.2) is 25.4 Å². The summed E-state index contributed by atoms with van der Waals surface area (Å²) in [4.78, 5) is 1.43. The second kappa shape index (κ2) is 4.00. The molecule has 0 aromatic heterocycles. The Kier molecular flexibility index (Phi) is 2.86. The Morgan fingerprint density at radius 1 is 1.27 bits per heavy atom. The van der Waals surface area contributed by atoms with E-state index < -0.39 is 15.9 Å². The molecule has 80 valence electrons. The Hall–Kier alpha value is -0.780. The molecule has 0 amide bonds. The minimum Gasteiger partial charge on any atom is -0.387 e. The Balaban J connectivity index is 2.21. The summed E-state index contributed by atoms with van der Waals surface area (Å²) in [5, 5.41) is 10.7. The monoisotopic (exact) mass is 242 g/mol. The molecule has 1 aliphatic heterocycles. The van der Waals surface area contributed by atoms with Crippen LogP contribution in [0.5, 0.6) is 0 Å². The van der Waals surface area contributed by atoms with Gasteiger partial charge in [0.2, 0.25) is 0 Å². The minimum atomic E-state index is -3.20. The maximum absolute atomic E-state index is 11.2. The molecule has 1 atom stereocenters. The molecule has 2 rings (SSSR count). The van der Waals surface area contributed by atoms with Crippen LogP contribution in [0.25, 0.3) is 0 Å². The molecule has 1 aromatic carbocycles. The van der Waals surface area contributed by atoms with Crippen LogP contribution in [0.1, 0.15) is 0 Å². The van der Waals surface area contributed by atoms with E-state index in [-0.39, 0.29) is 5.75 Å². The van der Waals surface area contributed by atoms with Crippen molar-refractivity contribution in [3.8, 4) is 0 Å². The molecule has 0 radical (unpaired) electrons. The van der Waals surface area contributed by atoms with Gasteiger partial charge in [-0.3, -0.25) is 0 Å². The van der Waals surface area contributed by atoms with E-state index in [2.05, 4.69) is 0 Å². The summed E-state index contributed by atoms with van der Waals surface area (Å²) in [6, 6.07) is 9.39. The highest BCUT2D eigenvalue weighted by Crippen LogP contribution is 2.33. The van der Waals surface area contributed by atoms with Crippen molar-refractivity contribution in [2.24, 2.45) is 0 Å². The van der Waals surface area contributed by atoms with Gasteiger partial charge >= 0.3 is 0 Å². The molecular weight excluding hydrogens is 232 g/mol. The maximum Gasteiger partial charge on any atom is 0.175 e. The topological polar surface area (TPSA) is 54.4 Å². The number of sulfone groups is 1. The SMILES string of the molecule is O=S1(=O)C=C(Sc2ccccc2)[C@@H](O)C1. The van der Waals surface area contributed by atoms with E-state index in [1.54, 1.807) is 0 Å². The van der Waals surface area contributed by atoms with Gasteiger partial charge in [-0.1, -0.05) is 30.0 Å². The molecule has 1 heterocycles. The summed E-state index contributed by atoms with van der Waals surface area (Å²) in [6.07, 6.45) is -0.875. The summed E-state index contributed by atoms with van der Waals surface area (Å²) < 4.78 is 22.4. The first-order chi connectivity index (χ1) is 7.07. The lowest BCUT2D eigenvalue weighted by Crippen LogP contribution is -2.11. The Labute approximate surface area is 92.7 Å². The largest absolute Gasteiger partial charge is 0.387 e. The highest BCUT2D eigenvalue weighted by Gasteiger charge is 2.28. The third-order valence-corrected chi connectivity index (χ3v) is 4.67. The number of rotatable bonds is 2. The van der Waals surface area contributed by atoms with Crippen LogP contribution in [-0.2, 0) is 9.84 Å². The molecule has 3 nitrogen and oxygen atoms in total. The van der Waals surface area contributed by atoms with Gasteiger partial charge < -0.3 is 5.11 Å². The molecule has 1 aromatic rings. The third-order valence-electron chi connectivity index (χ3n) is 1.99. The highest BCUT2D eigenvalue weighted by molar-refractivity contribution is 8.05. The summed E-state index contributed by atoms with van der Waals surface area (Å²) in [5.41, 5.74) is 0. The number of benzene rings is 1. The van der Waals surface area contributed by atoms with E-state index >= 15 is 0 Å². The lowest BCUT2D eigenvalue weighted by atomic mass is 10.4. The van der Waals surface area contributed by atoms with Gasteiger partial charge in [-0.05, 0) is 12.1 Å². The standard InChI is InChI=1S/C10H10O3S2/c11-9-6-15(12,13)7-10(9)14-8-4-2-1-3-5-8/h1-5,7,9,11H,6H2/t9-/m0/s1. The summed E-state index contributed by atoms with van der Waals surface area (Å²) >= 11 is 1.29. The molecule has 1 N–H and O–H groups in total. The first-order valence-electron chi connectivity index (χ1n) is 4.42. The number of aliphatic hydroxyl groups is 1. The van der Waals surface area contributed by atoms with Gasteiger partial charge in [0.1, 0.15) is 6.10 Å². The second-order valence-corrected chi connectivity index (χ2v) is 6.32. The van der Waals surface area contributed by atoms with E-state index in [9.17, 15) is 13.5 Å². The van der Waals surface area contributed by atoms with Gasteiger partial charge in [0, 0.05) is 15.2 Å². The normalized spacial score (nSPS) is 23.8. The van der Waals surface area contributed by atoms with Crippen LogP contribution in [0.4, 0.5) is 0 Å². The average Bonchev–Trinajstić information content (AvgIpc) is 2.41. The van der Waals surface area contributed by atoms with Gasteiger partial charge in [-0.25, -0.2) is 8.42 Å². The van der Waals surface area contributed by atoms with Crippen molar-refractivity contribution in [2.45, 2.75) is 11.0 Å². The quantitative estimate of drug-likeness (QED) is 0.852. The van der Waals surface area contributed by atoms with Crippen LogP contribution in [0, 0.1) is 0 Å². The summed E-state index contributed by atoms with van der Waals surface area (Å²) in [7, 11) is -3.20. The molecule has 0 spiro atoms. The van der Waals surface area contributed by atoms with Crippen LogP contribution >= 0.6 is 11.8 Å². The molecule has 0 saturated carbocycles. The predicted molar refractivity (Wildman–Crippen MR) is 60.2 cm³/mol. The fourth-order valence-corrected chi connectivity index (χ4v) is 4.07. The van der Waals surface area contributed by atoms with Gasteiger partial charge in [-0.15, -0.1) is 0 Å². The zero-order valence-corrected chi connectivity index (χ0v) is 9.46. The number of hydrogen-bond acceptors (Lipinski definition) is 4. The maximum atomic E-state index is 11.2. The average molecular weight is 242 g/mol. The minimum absolute atomic E-state index is 0.192. The van der Waals surface area contributed by atoms with Gasteiger partial charge in [-0.2, -0.15) is 0 Å². The molecule has 0 aliphatic carbocycles. The summed E-state index contributed by atoms with van der Waals surface area (Å²) in [5.74, 6) is -0.192. The van der Waals surface area contributed by atoms with E-state index in [0.717, 1.165) is 10.3 Å². The van der Waals surface area contributed by atoms with E-state index in [0.29, 0.717) is 4.91 Å².